The van der Waals surface area contributed by atoms with Gasteiger partial charge >= 0.3 is 0 Å². The summed E-state index contributed by atoms with van der Waals surface area (Å²) >= 11 is 1.55. The average Bonchev–Trinajstić information content (AvgIpc) is 3.32. The van der Waals surface area contributed by atoms with Crippen LogP contribution in [0.3, 0.4) is 0 Å². The van der Waals surface area contributed by atoms with Gasteiger partial charge in [0.25, 0.3) is 0 Å². The lowest BCUT2D eigenvalue weighted by atomic mass is 10.0. The highest BCUT2D eigenvalue weighted by molar-refractivity contribution is 7.13. The Morgan fingerprint density at radius 3 is 2.79 bits per heavy atom. The Morgan fingerprint density at radius 2 is 2.12 bits per heavy atom. The molecule has 3 aromatic rings. The summed E-state index contributed by atoms with van der Waals surface area (Å²) in [7, 11) is 0. The molecular weight excluding hydrogens is 324 g/mol. The van der Waals surface area contributed by atoms with Crippen molar-refractivity contribution in [2.24, 2.45) is 5.92 Å². The van der Waals surface area contributed by atoms with Crippen LogP contribution in [0.4, 0.5) is 0 Å². The lowest BCUT2D eigenvalue weighted by Crippen LogP contribution is -2.32. The van der Waals surface area contributed by atoms with Crippen molar-refractivity contribution in [2.75, 3.05) is 0 Å². The molecule has 6 nitrogen and oxygen atoms in total. The first-order valence-electron chi connectivity index (χ1n) is 7.90. The highest BCUT2D eigenvalue weighted by Crippen LogP contribution is 2.21. The Kier molecular flexibility index (Phi) is 5.10. The van der Waals surface area contributed by atoms with Crippen molar-refractivity contribution in [1.82, 2.24) is 20.0 Å². The topological polar surface area (TPSA) is 73.0 Å². The normalized spacial score (nSPS) is 12.5. The maximum absolute atomic E-state index is 12.6. The second-order valence-electron chi connectivity index (χ2n) is 5.98. The first kappa shape index (κ1) is 16.4. The van der Waals surface area contributed by atoms with Crippen LogP contribution < -0.4 is 5.32 Å². The van der Waals surface area contributed by atoms with Crippen molar-refractivity contribution in [1.29, 1.82) is 0 Å². The third kappa shape index (κ3) is 3.91. The summed E-state index contributed by atoms with van der Waals surface area (Å²) in [5, 5.41) is 8.81. The zero-order valence-electron chi connectivity index (χ0n) is 13.7. The van der Waals surface area contributed by atoms with Gasteiger partial charge in [0.15, 0.2) is 0 Å². The van der Waals surface area contributed by atoms with Crippen molar-refractivity contribution in [2.45, 2.75) is 32.9 Å². The number of thiophene rings is 1. The SMILES string of the molecule is CC(C)C[C@H](C(=O)NCc1nc(-c2cccs2)no1)n1cccc1. The molecule has 3 rings (SSSR count). The van der Waals surface area contributed by atoms with Crippen molar-refractivity contribution >= 4 is 17.2 Å². The van der Waals surface area contributed by atoms with Gasteiger partial charge < -0.3 is 14.4 Å². The van der Waals surface area contributed by atoms with Crippen LogP contribution in [0.5, 0.6) is 0 Å². The highest BCUT2D eigenvalue weighted by Gasteiger charge is 2.21. The van der Waals surface area contributed by atoms with Crippen molar-refractivity contribution < 1.29 is 9.32 Å². The Morgan fingerprint density at radius 1 is 1.33 bits per heavy atom. The quantitative estimate of drug-likeness (QED) is 0.712. The molecule has 0 aromatic carbocycles. The first-order chi connectivity index (χ1) is 11.6. The molecule has 0 radical (unpaired) electrons. The van der Waals surface area contributed by atoms with Crippen LogP contribution in [0, 0.1) is 5.92 Å². The maximum atomic E-state index is 12.6. The van der Waals surface area contributed by atoms with E-state index in [0.717, 1.165) is 11.3 Å². The van der Waals surface area contributed by atoms with Crippen LogP contribution in [0.15, 0.2) is 46.6 Å². The van der Waals surface area contributed by atoms with E-state index in [-0.39, 0.29) is 18.5 Å². The number of amides is 1. The fraction of sp³-hybridized carbons (Fsp3) is 0.353. The van der Waals surface area contributed by atoms with E-state index in [2.05, 4.69) is 29.3 Å². The molecule has 0 saturated heterocycles. The number of hydrogen-bond donors (Lipinski definition) is 1. The summed E-state index contributed by atoms with van der Waals surface area (Å²) in [5.74, 6) is 1.33. The van der Waals surface area contributed by atoms with Crippen LogP contribution >= 0.6 is 11.3 Å². The molecule has 0 unspecified atom stereocenters. The number of nitrogens with one attached hydrogen (secondary N) is 1. The van der Waals surface area contributed by atoms with Gasteiger partial charge in [-0.3, -0.25) is 4.79 Å². The molecule has 0 spiro atoms. The van der Waals surface area contributed by atoms with Crippen molar-refractivity contribution in [3.63, 3.8) is 0 Å². The summed E-state index contributed by atoms with van der Waals surface area (Å²) in [4.78, 5) is 17.8. The largest absolute Gasteiger partial charge is 0.345 e. The number of aromatic nitrogens is 3. The molecule has 126 valence electrons. The molecule has 0 bridgehead atoms. The van der Waals surface area contributed by atoms with Gasteiger partial charge in [-0.2, -0.15) is 4.98 Å². The summed E-state index contributed by atoms with van der Waals surface area (Å²) < 4.78 is 7.15. The molecule has 24 heavy (non-hydrogen) atoms. The molecule has 0 aliphatic rings. The van der Waals surface area contributed by atoms with Gasteiger partial charge in [-0.25, -0.2) is 0 Å². The number of rotatable bonds is 7. The van der Waals surface area contributed by atoms with Gasteiger partial charge in [0.1, 0.15) is 6.04 Å². The summed E-state index contributed by atoms with van der Waals surface area (Å²) in [5.41, 5.74) is 0. The van der Waals surface area contributed by atoms with Gasteiger partial charge in [-0.05, 0) is 35.9 Å². The van der Waals surface area contributed by atoms with Gasteiger partial charge in [-0.1, -0.05) is 25.1 Å². The lowest BCUT2D eigenvalue weighted by Gasteiger charge is -2.20. The first-order valence-corrected chi connectivity index (χ1v) is 8.78. The van der Waals surface area contributed by atoms with E-state index in [1.165, 1.54) is 0 Å². The van der Waals surface area contributed by atoms with Crippen molar-refractivity contribution in [3.8, 4) is 10.7 Å². The standard InChI is InChI=1S/C17H20N4O2S/c1-12(2)10-13(21-7-3-4-8-21)17(22)18-11-15-19-16(20-23-15)14-6-5-9-24-14/h3-9,12-13H,10-11H2,1-2H3,(H,18,22)/t13-/m1/s1. The fourth-order valence-electron chi connectivity index (χ4n) is 2.48. The predicted molar refractivity (Wildman–Crippen MR) is 92.4 cm³/mol. The Bertz CT molecular complexity index is 762. The molecule has 3 aromatic heterocycles. The van der Waals surface area contributed by atoms with E-state index in [1.807, 2.05) is 46.6 Å². The number of carbonyl (C=O) groups excluding carboxylic acids is 1. The molecule has 0 aliphatic heterocycles. The zero-order valence-corrected chi connectivity index (χ0v) is 14.5. The zero-order chi connectivity index (χ0) is 16.9. The minimum absolute atomic E-state index is 0.0456. The van der Waals surface area contributed by atoms with E-state index in [0.29, 0.717) is 17.6 Å². The second-order valence-corrected chi connectivity index (χ2v) is 6.93. The third-order valence-electron chi connectivity index (χ3n) is 3.61. The average molecular weight is 344 g/mol. The van der Waals surface area contributed by atoms with Gasteiger partial charge in [0.05, 0.1) is 11.4 Å². The van der Waals surface area contributed by atoms with E-state index in [1.54, 1.807) is 11.3 Å². The number of hydrogen-bond acceptors (Lipinski definition) is 5. The highest BCUT2D eigenvalue weighted by atomic mass is 32.1. The van der Waals surface area contributed by atoms with Crippen LogP contribution in [-0.2, 0) is 11.3 Å². The van der Waals surface area contributed by atoms with E-state index in [4.69, 9.17) is 4.52 Å². The third-order valence-corrected chi connectivity index (χ3v) is 4.47. The molecule has 0 fully saturated rings. The number of nitrogens with zero attached hydrogens (tertiary/aromatic N) is 3. The van der Waals surface area contributed by atoms with Gasteiger partial charge in [0.2, 0.25) is 17.6 Å². The maximum Gasteiger partial charge on any atom is 0.246 e. The van der Waals surface area contributed by atoms with Crippen LogP contribution in [-0.4, -0.2) is 20.6 Å². The Labute approximate surface area is 144 Å². The molecule has 0 saturated carbocycles. The van der Waals surface area contributed by atoms with E-state index in [9.17, 15) is 4.79 Å². The van der Waals surface area contributed by atoms with Gasteiger partial charge in [0, 0.05) is 12.4 Å². The molecule has 1 amide bonds. The molecular formula is C17H20N4O2S. The summed E-state index contributed by atoms with van der Waals surface area (Å²) in [6, 6.07) is 7.48. The minimum Gasteiger partial charge on any atom is -0.345 e. The molecule has 1 atom stereocenters. The van der Waals surface area contributed by atoms with Crippen LogP contribution in [0.25, 0.3) is 10.7 Å². The second kappa shape index (κ2) is 7.44. The molecule has 0 aliphatic carbocycles. The predicted octanol–water partition coefficient (Wildman–Crippen LogP) is 3.50. The number of carbonyl (C=O) groups is 1. The summed E-state index contributed by atoms with van der Waals surface area (Å²) in [6.45, 7) is 4.44. The van der Waals surface area contributed by atoms with Gasteiger partial charge in [-0.15, -0.1) is 11.3 Å². The lowest BCUT2D eigenvalue weighted by molar-refractivity contribution is -0.125. The monoisotopic (exact) mass is 344 g/mol. The molecule has 1 N–H and O–H groups in total. The van der Waals surface area contributed by atoms with E-state index < -0.39 is 0 Å². The Balaban J connectivity index is 1.63. The Hall–Kier alpha value is -2.41. The van der Waals surface area contributed by atoms with Crippen molar-refractivity contribution in [3.05, 3.63) is 47.9 Å². The smallest absolute Gasteiger partial charge is 0.246 e. The van der Waals surface area contributed by atoms with Crippen LogP contribution in [0.2, 0.25) is 0 Å². The molecule has 7 heteroatoms. The minimum atomic E-state index is -0.236. The van der Waals surface area contributed by atoms with E-state index >= 15 is 0 Å². The molecule has 3 heterocycles. The van der Waals surface area contributed by atoms with Crippen LogP contribution in [0.1, 0.15) is 32.2 Å². The summed E-state index contributed by atoms with van der Waals surface area (Å²) in [6.07, 6.45) is 4.59. The fourth-order valence-corrected chi connectivity index (χ4v) is 3.13.